The maximum absolute atomic E-state index is 12.7. The molecule has 0 aliphatic rings. The fourth-order valence-electron chi connectivity index (χ4n) is 7.13. The van der Waals surface area contributed by atoms with Gasteiger partial charge in [-0.2, -0.15) is 0 Å². The van der Waals surface area contributed by atoms with Gasteiger partial charge in [-0.15, -0.1) is 0 Å². The summed E-state index contributed by atoms with van der Waals surface area (Å²) in [5.41, 5.74) is 0. The minimum absolute atomic E-state index is 0.0329. The van der Waals surface area contributed by atoms with Gasteiger partial charge < -0.3 is 18.9 Å². The Kier molecular flexibility index (Phi) is 41.2. The molecule has 0 saturated carbocycles. The highest BCUT2D eigenvalue weighted by Crippen LogP contribution is 2.43. The molecule has 0 aliphatic carbocycles. The minimum atomic E-state index is -4.37. The van der Waals surface area contributed by atoms with Gasteiger partial charge in [0.15, 0.2) is 6.10 Å². The Morgan fingerprint density at radius 3 is 1.27 bits per heavy atom. The lowest BCUT2D eigenvalue weighted by atomic mass is 10.0. The summed E-state index contributed by atoms with van der Waals surface area (Å²) in [6.45, 7) is 4.44. The Labute approximate surface area is 365 Å². The standard InChI is InChI=1S/C49H96NO8P/c1-6-8-10-12-14-16-18-20-21-22-23-24-25-26-27-28-30-32-34-36-38-40-42-49(52)58-47(46-57-59(53,54)56-44-43-50(3,4)5)45-55-48(51)41-39-37-35-33-31-29-19-17-15-13-11-9-7-2/h29,31,47H,6-28,30,32-46H2,1-5H3/p+1/b31-29+/t47-/m1/s1. The van der Waals surface area contributed by atoms with E-state index in [0.717, 1.165) is 44.9 Å². The molecule has 0 aromatic heterocycles. The van der Waals surface area contributed by atoms with Gasteiger partial charge in [-0.25, -0.2) is 4.57 Å². The summed E-state index contributed by atoms with van der Waals surface area (Å²) in [5.74, 6) is -0.804. The molecule has 0 rings (SSSR count). The van der Waals surface area contributed by atoms with Crippen molar-refractivity contribution in [1.29, 1.82) is 0 Å². The number of hydrogen-bond donors (Lipinski definition) is 1. The predicted octanol–water partition coefficient (Wildman–Crippen LogP) is 14.5. The van der Waals surface area contributed by atoms with Gasteiger partial charge in [-0.05, 0) is 38.5 Å². The van der Waals surface area contributed by atoms with Crippen LogP contribution in [0, 0.1) is 0 Å². The van der Waals surface area contributed by atoms with Crippen LogP contribution in [-0.2, 0) is 32.7 Å². The summed E-state index contributed by atoms with van der Waals surface area (Å²) in [4.78, 5) is 35.4. The van der Waals surface area contributed by atoms with Crippen molar-refractivity contribution in [3.63, 3.8) is 0 Å². The zero-order valence-electron chi connectivity index (χ0n) is 39.5. The van der Waals surface area contributed by atoms with Crippen molar-refractivity contribution in [3.8, 4) is 0 Å². The van der Waals surface area contributed by atoms with Crippen LogP contribution in [0.25, 0.3) is 0 Å². The number of phosphoric ester groups is 1. The highest BCUT2D eigenvalue weighted by atomic mass is 31.2. The van der Waals surface area contributed by atoms with E-state index in [9.17, 15) is 19.0 Å². The fourth-order valence-corrected chi connectivity index (χ4v) is 7.87. The first-order chi connectivity index (χ1) is 28.5. The number of hydrogen-bond acceptors (Lipinski definition) is 7. The Morgan fingerprint density at radius 1 is 0.508 bits per heavy atom. The normalized spacial score (nSPS) is 13.5. The first kappa shape index (κ1) is 57.8. The molecule has 0 saturated heterocycles. The van der Waals surface area contributed by atoms with Crippen LogP contribution < -0.4 is 0 Å². The van der Waals surface area contributed by atoms with Crippen molar-refractivity contribution in [2.24, 2.45) is 0 Å². The second-order valence-electron chi connectivity index (χ2n) is 18.2. The molecule has 10 heteroatoms. The number of allylic oxidation sites excluding steroid dienone is 2. The molecule has 0 radical (unpaired) electrons. The van der Waals surface area contributed by atoms with Gasteiger partial charge in [0.2, 0.25) is 0 Å². The molecule has 1 unspecified atom stereocenters. The van der Waals surface area contributed by atoms with Crippen molar-refractivity contribution in [2.45, 2.75) is 245 Å². The number of esters is 2. The molecule has 0 bridgehead atoms. The monoisotopic (exact) mass is 859 g/mol. The molecule has 0 spiro atoms. The molecule has 1 N–H and O–H groups in total. The largest absolute Gasteiger partial charge is 0.472 e. The van der Waals surface area contributed by atoms with Gasteiger partial charge >= 0.3 is 19.8 Å². The molecule has 350 valence electrons. The van der Waals surface area contributed by atoms with Gasteiger partial charge in [0.05, 0.1) is 27.7 Å². The van der Waals surface area contributed by atoms with E-state index in [2.05, 4.69) is 26.0 Å². The Balaban J connectivity index is 4.20. The van der Waals surface area contributed by atoms with Crippen LogP contribution in [0.4, 0.5) is 0 Å². The molecule has 2 atom stereocenters. The van der Waals surface area contributed by atoms with Gasteiger partial charge in [-0.3, -0.25) is 18.6 Å². The maximum Gasteiger partial charge on any atom is 0.472 e. The number of rotatable bonds is 46. The third-order valence-electron chi connectivity index (χ3n) is 11.0. The van der Waals surface area contributed by atoms with Crippen LogP contribution >= 0.6 is 7.82 Å². The smallest absolute Gasteiger partial charge is 0.462 e. The SMILES string of the molecule is CCCCCCCC/C=C/CCCCCC(=O)OC[C@H](COP(=O)(O)OCC[N+](C)(C)C)OC(=O)CCCCCCCCCCCCCCCCCCCCCCCC. The number of nitrogens with zero attached hydrogens (tertiary/aromatic N) is 1. The molecule has 59 heavy (non-hydrogen) atoms. The van der Waals surface area contributed by atoms with Gasteiger partial charge in [-0.1, -0.05) is 199 Å². The molecule has 0 heterocycles. The van der Waals surface area contributed by atoms with Crippen LogP contribution in [-0.4, -0.2) is 74.9 Å². The van der Waals surface area contributed by atoms with E-state index in [0.29, 0.717) is 17.4 Å². The average Bonchev–Trinajstić information content (AvgIpc) is 3.19. The molecule has 9 nitrogen and oxygen atoms in total. The van der Waals surface area contributed by atoms with E-state index < -0.39 is 26.5 Å². The van der Waals surface area contributed by atoms with Crippen molar-refractivity contribution in [2.75, 3.05) is 47.5 Å². The van der Waals surface area contributed by atoms with Crippen molar-refractivity contribution < 1.29 is 42.1 Å². The first-order valence-corrected chi connectivity index (χ1v) is 26.4. The van der Waals surface area contributed by atoms with E-state index in [-0.39, 0.29) is 32.0 Å². The van der Waals surface area contributed by atoms with Crippen LogP contribution in [0.5, 0.6) is 0 Å². The van der Waals surface area contributed by atoms with Crippen LogP contribution in [0.2, 0.25) is 0 Å². The number of carbonyl (C=O) groups is 2. The lowest BCUT2D eigenvalue weighted by Crippen LogP contribution is -2.37. The molecule has 0 fully saturated rings. The Bertz CT molecular complexity index is 1020. The minimum Gasteiger partial charge on any atom is -0.462 e. The summed E-state index contributed by atoms with van der Waals surface area (Å²) in [6, 6.07) is 0. The molecule has 0 aromatic carbocycles. The summed E-state index contributed by atoms with van der Waals surface area (Å²) in [7, 11) is 1.48. The van der Waals surface area contributed by atoms with Crippen molar-refractivity contribution in [3.05, 3.63) is 12.2 Å². The van der Waals surface area contributed by atoms with Crippen molar-refractivity contribution in [1.82, 2.24) is 0 Å². The number of carbonyl (C=O) groups excluding carboxylic acids is 2. The third-order valence-corrected chi connectivity index (χ3v) is 12.0. The third kappa shape index (κ3) is 46.1. The Morgan fingerprint density at radius 2 is 0.864 bits per heavy atom. The predicted molar refractivity (Wildman–Crippen MR) is 248 cm³/mol. The van der Waals surface area contributed by atoms with Crippen LogP contribution in [0.15, 0.2) is 12.2 Å². The topological polar surface area (TPSA) is 108 Å². The van der Waals surface area contributed by atoms with Crippen LogP contribution in [0.1, 0.15) is 239 Å². The van der Waals surface area contributed by atoms with E-state index in [4.69, 9.17) is 18.5 Å². The van der Waals surface area contributed by atoms with E-state index in [1.54, 1.807) is 0 Å². The number of quaternary nitrogens is 1. The average molecular weight is 859 g/mol. The lowest BCUT2D eigenvalue weighted by Gasteiger charge is -2.24. The second-order valence-corrected chi connectivity index (χ2v) is 19.7. The maximum atomic E-state index is 12.7. The number of unbranched alkanes of at least 4 members (excludes halogenated alkanes) is 30. The molecule has 0 aromatic rings. The fraction of sp³-hybridized carbons (Fsp3) is 0.918. The second kappa shape index (κ2) is 42.1. The van der Waals surface area contributed by atoms with E-state index in [1.165, 1.54) is 161 Å². The van der Waals surface area contributed by atoms with Crippen molar-refractivity contribution >= 4 is 19.8 Å². The first-order valence-electron chi connectivity index (χ1n) is 24.9. The molecular formula is C49H97NO8P+. The summed E-state index contributed by atoms with van der Waals surface area (Å²) >= 11 is 0. The zero-order chi connectivity index (χ0) is 43.6. The number of phosphoric acid groups is 1. The quantitative estimate of drug-likeness (QED) is 0.0212. The highest BCUT2D eigenvalue weighted by molar-refractivity contribution is 7.47. The van der Waals surface area contributed by atoms with Gasteiger partial charge in [0, 0.05) is 12.8 Å². The molecule has 0 aliphatic heterocycles. The number of likely N-dealkylation sites (N-methyl/N-ethyl adjacent to an activating group) is 1. The summed E-state index contributed by atoms with van der Waals surface area (Å²) in [5, 5.41) is 0. The summed E-state index contributed by atoms with van der Waals surface area (Å²) in [6.07, 6.45) is 45.5. The van der Waals surface area contributed by atoms with E-state index >= 15 is 0 Å². The highest BCUT2D eigenvalue weighted by Gasteiger charge is 2.27. The van der Waals surface area contributed by atoms with Gasteiger partial charge in [0.25, 0.3) is 0 Å². The molecular weight excluding hydrogens is 762 g/mol. The number of ether oxygens (including phenoxy) is 2. The molecule has 0 amide bonds. The summed E-state index contributed by atoms with van der Waals surface area (Å²) < 4.78 is 34.4. The van der Waals surface area contributed by atoms with Gasteiger partial charge in [0.1, 0.15) is 19.8 Å². The Hall–Kier alpha value is -1.25. The van der Waals surface area contributed by atoms with E-state index in [1.807, 2.05) is 21.1 Å². The van der Waals surface area contributed by atoms with Crippen LogP contribution in [0.3, 0.4) is 0 Å². The zero-order valence-corrected chi connectivity index (χ0v) is 40.4. The lowest BCUT2D eigenvalue weighted by molar-refractivity contribution is -0.870.